The second-order valence-electron chi connectivity index (χ2n) is 2.93. The van der Waals surface area contributed by atoms with Gasteiger partial charge in [0.15, 0.2) is 0 Å². The fraction of sp³-hybridized carbons (Fsp3) is 0.333. The summed E-state index contributed by atoms with van der Waals surface area (Å²) in [5, 5.41) is 19.3. The smallest absolute Gasteiger partial charge is 0.318 e. The summed E-state index contributed by atoms with van der Waals surface area (Å²) in [6.45, 7) is 0. The summed E-state index contributed by atoms with van der Waals surface area (Å²) in [7, 11) is 1.15. The van der Waals surface area contributed by atoms with Crippen LogP contribution in [0.2, 0.25) is 0 Å². The standard InChI is InChI=1S/C9H7F2N3O3/c1-17-6-4-13-7(9(10)11)5(2-3-12)8(6)14(15)16/h4,9H,2H2,1H3. The number of methoxy groups -OCH3 is 1. The second-order valence-corrected chi connectivity index (χ2v) is 2.93. The van der Waals surface area contributed by atoms with Gasteiger partial charge in [0, 0.05) is 0 Å². The zero-order valence-corrected chi connectivity index (χ0v) is 8.68. The van der Waals surface area contributed by atoms with Crippen LogP contribution in [0.4, 0.5) is 14.5 Å². The number of ether oxygens (including phenoxy) is 1. The summed E-state index contributed by atoms with van der Waals surface area (Å²) in [6, 6.07) is 1.59. The minimum atomic E-state index is -2.98. The molecule has 0 fully saturated rings. The van der Waals surface area contributed by atoms with Gasteiger partial charge >= 0.3 is 5.69 Å². The number of hydrogen-bond donors (Lipinski definition) is 0. The van der Waals surface area contributed by atoms with Crippen molar-refractivity contribution in [3.8, 4) is 11.8 Å². The Morgan fingerprint density at radius 2 is 2.35 bits per heavy atom. The Hall–Kier alpha value is -2.30. The van der Waals surface area contributed by atoms with Crippen LogP contribution in [0, 0.1) is 21.4 Å². The molecule has 0 aliphatic heterocycles. The lowest BCUT2D eigenvalue weighted by molar-refractivity contribution is -0.386. The highest BCUT2D eigenvalue weighted by molar-refractivity contribution is 5.54. The lowest BCUT2D eigenvalue weighted by Gasteiger charge is -2.08. The van der Waals surface area contributed by atoms with E-state index in [1.54, 1.807) is 6.07 Å². The number of alkyl halides is 2. The molecular formula is C9H7F2N3O3. The summed E-state index contributed by atoms with van der Waals surface area (Å²) in [6.07, 6.45) is -2.66. The molecule has 0 aromatic carbocycles. The topological polar surface area (TPSA) is 89.0 Å². The molecule has 8 heteroatoms. The first-order valence-corrected chi connectivity index (χ1v) is 4.38. The largest absolute Gasteiger partial charge is 0.489 e. The Morgan fingerprint density at radius 3 is 2.76 bits per heavy atom. The Labute approximate surface area is 94.6 Å². The van der Waals surface area contributed by atoms with E-state index in [2.05, 4.69) is 9.72 Å². The van der Waals surface area contributed by atoms with Crippen LogP contribution in [0.3, 0.4) is 0 Å². The maximum atomic E-state index is 12.6. The first-order valence-electron chi connectivity index (χ1n) is 4.38. The van der Waals surface area contributed by atoms with Crippen molar-refractivity contribution in [2.75, 3.05) is 7.11 Å². The molecule has 0 saturated heterocycles. The van der Waals surface area contributed by atoms with Gasteiger partial charge in [0.05, 0.1) is 36.3 Å². The molecule has 90 valence electrons. The van der Waals surface area contributed by atoms with Gasteiger partial charge in [0.25, 0.3) is 6.43 Å². The molecule has 0 aliphatic carbocycles. The van der Waals surface area contributed by atoms with E-state index in [4.69, 9.17) is 5.26 Å². The molecule has 0 unspecified atom stereocenters. The van der Waals surface area contributed by atoms with Crippen molar-refractivity contribution in [1.29, 1.82) is 5.26 Å². The van der Waals surface area contributed by atoms with Gasteiger partial charge in [-0.3, -0.25) is 15.1 Å². The van der Waals surface area contributed by atoms with Crippen molar-refractivity contribution in [1.82, 2.24) is 4.98 Å². The summed E-state index contributed by atoms with van der Waals surface area (Å²) in [4.78, 5) is 13.3. The number of nitro groups is 1. The number of nitriles is 1. The Kier molecular flexibility index (Phi) is 3.87. The van der Waals surface area contributed by atoms with Crippen LogP contribution in [0.5, 0.6) is 5.75 Å². The molecule has 0 radical (unpaired) electrons. The van der Waals surface area contributed by atoms with Crippen LogP contribution in [0.15, 0.2) is 6.20 Å². The molecular weight excluding hydrogens is 236 g/mol. The van der Waals surface area contributed by atoms with Crippen molar-refractivity contribution in [3.63, 3.8) is 0 Å². The van der Waals surface area contributed by atoms with E-state index in [1.807, 2.05) is 0 Å². The Morgan fingerprint density at radius 1 is 1.71 bits per heavy atom. The van der Waals surface area contributed by atoms with Gasteiger partial charge < -0.3 is 4.74 Å². The Bertz CT molecular complexity index is 485. The van der Waals surface area contributed by atoms with Gasteiger partial charge in [0.2, 0.25) is 5.75 Å². The number of aromatic nitrogens is 1. The molecule has 0 saturated carbocycles. The fourth-order valence-corrected chi connectivity index (χ4v) is 1.33. The second kappa shape index (κ2) is 5.16. The highest BCUT2D eigenvalue weighted by Gasteiger charge is 2.28. The highest BCUT2D eigenvalue weighted by Crippen LogP contribution is 2.35. The van der Waals surface area contributed by atoms with Gasteiger partial charge in [-0.25, -0.2) is 8.78 Å². The normalized spacial score (nSPS) is 10.1. The summed E-state index contributed by atoms with van der Waals surface area (Å²) < 4.78 is 29.9. The fourth-order valence-electron chi connectivity index (χ4n) is 1.33. The summed E-state index contributed by atoms with van der Waals surface area (Å²) in [5.41, 5.74) is -1.81. The lowest BCUT2D eigenvalue weighted by atomic mass is 10.1. The van der Waals surface area contributed by atoms with Crippen LogP contribution >= 0.6 is 0 Å². The van der Waals surface area contributed by atoms with Crippen LogP contribution in [-0.2, 0) is 6.42 Å². The van der Waals surface area contributed by atoms with Crippen molar-refractivity contribution >= 4 is 5.69 Å². The molecule has 0 spiro atoms. The third kappa shape index (κ3) is 2.44. The molecule has 0 aliphatic rings. The highest BCUT2D eigenvalue weighted by atomic mass is 19.3. The Balaban J connectivity index is 3.54. The summed E-state index contributed by atoms with van der Waals surface area (Å²) in [5.74, 6) is -0.246. The van der Waals surface area contributed by atoms with Gasteiger partial charge in [-0.2, -0.15) is 5.26 Å². The molecule has 1 aromatic rings. The molecule has 6 nitrogen and oxygen atoms in total. The first kappa shape index (κ1) is 12.8. The van der Waals surface area contributed by atoms with Crippen LogP contribution in [0.1, 0.15) is 17.7 Å². The monoisotopic (exact) mass is 243 g/mol. The molecule has 0 N–H and O–H groups in total. The molecule has 1 rings (SSSR count). The molecule has 17 heavy (non-hydrogen) atoms. The molecule has 1 aromatic heterocycles. The lowest BCUT2D eigenvalue weighted by Crippen LogP contribution is -2.05. The zero-order chi connectivity index (χ0) is 13.0. The maximum absolute atomic E-state index is 12.6. The third-order valence-corrected chi connectivity index (χ3v) is 2.01. The van der Waals surface area contributed by atoms with Crippen LogP contribution in [-0.4, -0.2) is 17.0 Å². The van der Waals surface area contributed by atoms with Crippen molar-refractivity contribution in [2.24, 2.45) is 0 Å². The zero-order valence-electron chi connectivity index (χ0n) is 8.68. The molecule has 1 heterocycles. The average molecular weight is 243 g/mol. The van der Waals surface area contributed by atoms with E-state index in [0.717, 1.165) is 13.3 Å². The predicted octanol–water partition coefficient (Wildman–Crippen LogP) is 2.00. The van der Waals surface area contributed by atoms with E-state index >= 15 is 0 Å². The maximum Gasteiger partial charge on any atom is 0.318 e. The van der Waals surface area contributed by atoms with Gasteiger partial charge in [-0.15, -0.1) is 0 Å². The summed E-state index contributed by atoms with van der Waals surface area (Å²) >= 11 is 0. The van der Waals surface area contributed by atoms with Gasteiger partial charge in [0.1, 0.15) is 5.69 Å². The number of pyridine rings is 1. The van der Waals surface area contributed by atoms with Crippen molar-refractivity contribution in [2.45, 2.75) is 12.8 Å². The SMILES string of the molecule is COc1cnc(C(F)F)c(CC#N)c1[N+](=O)[O-]. The van der Waals surface area contributed by atoms with Crippen molar-refractivity contribution in [3.05, 3.63) is 27.6 Å². The van der Waals surface area contributed by atoms with Gasteiger partial charge in [-0.05, 0) is 0 Å². The molecule has 0 bridgehead atoms. The average Bonchev–Trinajstić information content (AvgIpc) is 2.27. The van der Waals surface area contributed by atoms with E-state index in [9.17, 15) is 18.9 Å². The van der Waals surface area contributed by atoms with Crippen molar-refractivity contribution < 1.29 is 18.4 Å². The number of halogens is 2. The minimum absolute atomic E-state index is 0.246. The van der Waals surface area contributed by atoms with Gasteiger partial charge in [-0.1, -0.05) is 0 Å². The molecule has 0 atom stereocenters. The third-order valence-electron chi connectivity index (χ3n) is 2.01. The van der Waals surface area contributed by atoms with E-state index in [-0.39, 0.29) is 5.75 Å². The predicted molar refractivity (Wildman–Crippen MR) is 51.7 cm³/mol. The number of nitrogens with zero attached hydrogens (tertiary/aromatic N) is 3. The quantitative estimate of drug-likeness (QED) is 0.596. The van der Waals surface area contributed by atoms with E-state index < -0.39 is 34.7 Å². The number of rotatable bonds is 4. The van der Waals surface area contributed by atoms with E-state index in [0.29, 0.717) is 0 Å². The first-order chi connectivity index (χ1) is 8.02. The minimum Gasteiger partial charge on any atom is -0.489 e. The van der Waals surface area contributed by atoms with E-state index in [1.165, 1.54) is 0 Å². The van der Waals surface area contributed by atoms with Crippen LogP contribution in [0.25, 0.3) is 0 Å². The van der Waals surface area contributed by atoms with Crippen LogP contribution < -0.4 is 4.74 Å². The molecule has 0 amide bonds. The number of hydrogen-bond acceptors (Lipinski definition) is 5.